The lowest BCUT2D eigenvalue weighted by Crippen LogP contribution is -2.13. The number of rotatable bonds is 7. The van der Waals surface area contributed by atoms with Crippen LogP contribution in [-0.2, 0) is 13.1 Å². The van der Waals surface area contributed by atoms with Gasteiger partial charge in [-0.2, -0.15) is 0 Å². The molecule has 0 heterocycles. The first-order valence-corrected chi connectivity index (χ1v) is 7.51. The molecule has 0 aliphatic heterocycles. The van der Waals surface area contributed by atoms with E-state index in [0.717, 1.165) is 11.1 Å². The molecule has 0 radical (unpaired) electrons. The maximum Gasteiger partial charge on any atom is 0.165 e. The van der Waals surface area contributed by atoms with E-state index >= 15 is 0 Å². The monoisotopic (exact) mass is 319 g/mol. The molecule has 0 aliphatic rings. The van der Waals surface area contributed by atoms with Crippen LogP contribution in [-0.4, -0.2) is 18.3 Å². The van der Waals surface area contributed by atoms with Gasteiger partial charge in [0.15, 0.2) is 23.1 Å². The quantitative estimate of drug-likeness (QED) is 0.818. The Morgan fingerprint density at radius 3 is 2.17 bits per heavy atom. The molecule has 0 spiro atoms. The van der Waals surface area contributed by atoms with E-state index in [1.807, 2.05) is 26.0 Å². The van der Waals surface area contributed by atoms with Crippen molar-refractivity contribution in [2.24, 2.45) is 0 Å². The summed E-state index contributed by atoms with van der Waals surface area (Å²) in [6.45, 7) is 4.80. The lowest BCUT2D eigenvalue weighted by molar-refractivity contribution is 0.231. The fourth-order valence-electron chi connectivity index (χ4n) is 2.20. The summed E-state index contributed by atoms with van der Waals surface area (Å²) in [5.41, 5.74) is 1.75. The minimum absolute atomic E-state index is 0.0591. The Labute approximate surface area is 135 Å². The summed E-state index contributed by atoms with van der Waals surface area (Å²) in [7, 11) is 1.51. The number of benzene rings is 2. The van der Waals surface area contributed by atoms with Crippen molar-refractivity contribution in [3.05, 3.63) is 53.3 Å². The smallest absolute Gasteiger partial charge is 0.165 e. The molecule has 23 heavy (non-hydrogen) atoms. The Morgan fingerprint density at radius 1 is 1.04 bits per heavy atom. The molecule has 0 aromatic heterocycles. The molecule has 5 heteroatoms. The highest BCUT2D eigenvalue weighted by atomic mass is 19.1. The Kier molecular flexibility index (Phi) is 5.82. The van der Waals surface area contributed by atoms with Gasteiger partial charge in [0.1, 0.15) is 0 Å². The molecule has 0 atom stereocenters. The summed E-state index contributed by atoms with van der Waals surface area (Å²) in [5.74, 6) is 0.452. The fourth-order valence-corrected chi connectivity index (χ4v) is 2.20. The van der Waals surface area contributed by atoms with Gasteiger partial charge in [-0.1, -0.05) is 12.1 Å². The molecule has 4 nitrogen and oxygen atoms in total. The van der Waals surface area contributed by atoms with E-state index in [1.54, 1.807) is 18.2 Å². The maximum atomic E-state index is 13.9. The zero-order chi connectivity index (χ0) is 16.8. The predicted octanol–water partition coefficient (Wildman–Crippen LogP) is 3.62. The Morgan fingerprint density at radius 2 is 1.65 bits per heavy atom. The van der Waals surface area contributed by atoms with Gasteiger partial charge in [0.25, 0.3) is 0 Å². The first kappa shape index (κ1) is 17.1. The summed E-state index contributed by atoms with van der Waals surface area (Å²) >= 11 is 0. The molecular weight excluding hydrogens is 297 g/mol. The minimum atomic E-state index is -0.361. The summed E-state index contributed by atoms with van der Waals surface area (Å²) < 4.78 is 24.3. The van der Waals surface area contributed by atoms with Gasteiger partial charge in [-0.25, -0.2) is 4.39 Å². The van der Waals surface area contributed by atoms with Gasteiger partial charge < -0.3 is 19.9 Å². The SMILES string of the molecule is COc1ccc(CNCc2ccc(OC(C)C)c(F)c2)cc1O. The van der Waals surface area contributed by atoms with Crippen molar-refractivity contribution in [1.82, 2.24) is 5.32 Å². The van der Waals surface area contributed by atoms with Crippen LogP contribution in [0.3, 0.4) is 0 Å². The van der Waals surface area contributed by atoms with E-state index in [4.69, 9.17) is 9.47 Å². The minimum Gasteiger partial charge on any atom is -0.504 e. The van der Waals surface area contributed by atoms with E-state index in [0.29, 0.717) is 18.8 Å². The van der Waals surface area contributed by atoms with Crippen LogP contribution in [0.25, 0.3) is 0 Å². The average molecular weight is 319 g/mol. The number of aromatic hydroxyl groups is 1. The van der Waals surface area contributed by atoms with Crippen LogP contribution in [0.1, 0.15) is 25.0 Å². The molecule has 0 amide bonds. The number of phenolic OH excluding ortho intramolecular Hbond substituents is 1. The van der Waals surface area contributed by atoms with Gasteiger partial charge in [-0.15, -0.1) is 0 Å². The van der Waals surface area contributed by atoms with Gasteiger partial charge in [-0.05, 0) is 49.2 Å². The third-order valence-corrected chi connectivity index (χ3v) is 3.26. The molecule has 2 rings (SSSR count). The largest absolute Gasteiger partial charge is 0.504 e. The normalized spacial score (nSPS) is 10.8. The topological polar surface area (TPSA) is 50.7 Å². The van der Waals surface area contributed by atoms with E-state index in [1.165, 1.54) is 13.2 Å². The third kappa shape index (κ3) is 4.86. The highest BCUT2D eigenvalue weighted by Gasteiger charge is 2.07. The van der Waals surface area contributed by atoms with Crippen LogP contribution in [0.5, 0.6) is 17.2 Å². The molecular formula is C18H22FNO3. The van der Waals surface area contributed by atoms with Crippen LogP contribution >= 0.6 is 0 Å². The van der Waals surface area contributed by atoms with Gasteiger partial charge in [-0.3, -0.25) is 0 Å². The summed E-state index contributed by atoms with van der Waals surface area (Å²) in [4.78, 5) is 0. The number of methoxy groups -OCH3 is 1. The van der Waals surface area contributed by atoms with Crippen molar-refractivity contribution >= 4 is 0 Å². The Bertz CT molecular complexity index is 659. The van der Waals surface area contributed by atoms with Crippen LogP contribution in [0.4, 0.5) is 4.39 Å². The third-order valence-electron chi connectivity index (χ3n) is 3.26. The Balaban J connectivity index is 1.91. The number of halogens is 1. The maximum absolute atomic E-state index is 13.9. The molecule has 0 saturated carbocycles. The molecule has 2 aromatic rings. The standard InChI is InChI=1S/C18H22FNO3/c1-12(2)23-17-6-4-13(8-15(17)19)10-20-11-14-5-7-18(22-3)16(21)9-14/h4-9,12,20-21H,10-11H2,1-3H3. The van der Waals surface area contributed by atoms with Crippen molar-refractivity contribution in [3.8, 4) is 17.2 Å². The number of nitrogens with one attached hydrogen (secondary N) is 1. The summed E-state index contributed by atoms with van der Waals surface area (Å²) in [6, 6.07) is 10.2. The van der Waals surface area contributed by atoms with Crippen LogP contribution in [0.15, 0.2) is 36.4 Å². The first-order chi connectivity index (χ1) is 11.0. The second kappa shape index (κ2) is 7.83. The predicted molar refractivity (Wildman–Crippen MR) is 87.4 cm³/mol. The van der Waals surface area contributed by atoms with Crippen molar-refractivity contribution in [2.45, 2.75) is 33.0 Å². The first-order valence-electron chi connectivity index (χ1n) is 7.51. The van der Waals surface area contributed by atoms with Crippen LogP contribution in [0, 0.1) is 5.82 Å². The Hall–Kier alpha value is -2.27. The molecule has 0 unspecified atom stereocenters. The fraction of sp³-hybridized carbons (Fsp3) is 0.333. The van der Waals surface area contributed by atoms with Gasteiger partial charge in [0, 0.05) is 13.1 Å². The van der Waals surface area contributed by atoms with Crippen molar-refractivity contribution in [2.75, 3.05) is 7.11 Å². The number of phenols is 1. The molecule has 0 bridgehead atoms. The van der Waals surface area contributed by atoms with Gasteiger partial charge in [0.2, 0.25) is 0 Å². The number of ether oxygens (including phenoxy) is 2. The van der Waals surface area contributed by atoms with E-state index < -0.39 is 0 Å². The molecule has 0 saturated heterocycles. The van der Waals surface area contributed by atoms with Crippen molar-refractivity contribution < 1.29 is 19.0 Å². The number of hydrogen-bond donors (Lipinski definition) is 2. The summed E-state index contributed by atoms with van der Waals surface area (Å²) in [6.07, 6.45) is -0.0591. The van der Waals surface area contributed by atoms with Crippen molar-refractivity contribution in [1.29, 1.82) is 0 Å². The molecule has 0 fully saturated rings. The zero-order valence-corrected chi connectivity index (χ0v) is 13.6. The van der Waals surface area contributed by atoms with E-state index in [-0.39, 0.29) is 23.4 Å². The average Bonchev–Trinajstić information content (AvgIpc) is 2.50. The molecule has 124 valence electrons. The highest BCUT2D eigenvalue weighted by molar-refractivity contribution is 5.41. The van der Waals surface area contributed by atoms with Gasteiger partial charge in [0.05, 0.1) is 13.2 Å². The second-order valence-electron chi connectivity index (χ2n) is 5.54. The van der Waals surface area contributed by atoms with Crippen molar-refractivity contribution in [3.63, 3.8) is 0 Å². The van der Waals surface area contributed by atoms with E-state index in [2.05, 4.69) is 5.32 Å². The van der Waals surface area contributed by atoms with Crippen LogP contribution < -0.4 is 14.8 Å². The number of hydrogen-bond acceptors (Lipinski definition) is 4. The molecule has 2 aromatic carbocycles. The van der Waals surface area contributed by atoms with Crippen LogP contribution in [0.2, 0.25) is 0 Å². The lowest BCUT2D eigenvalue weighted by atomic mass is 10.1. The molecule has 2 N–H and O–H groups in total. The highest BCUT2D eigenvalue weighted by Crippen LogP contribution is 2.26. The van der Waals surface area contributed by atoms with Gasteiger partial charge >= 0.3 is 0 Å². The zero-order valence-electron chi connectivity index (χ0n) is 13.6. The summed E-state index contributed by atoms with van der Waals surface area (Å²) in [5, 5.41) is 12.9. The van der Waals surface area contributed by atoms with E-state index in [9.17, 15) is 9.50 Å². The lowest BCUT2D eigenvalue weighted by Gasteiger charge is -2.12. The second-order valence-corrected chi connectivity index (χ2v) is 5.54. The molecule has 0 aliphatic carbocycles.